The number of hydrogen-bond donors (Lipinski definition) is 3. The second-order valence-corrected chi connectivity index (χ2v) is 6.70. The van der Waals surface area contributed by atoms with Gasteiger partial charge in [0.2, 0.25) is 0 Å². The van der Waals surface area contributed by atoms with Crippen molar-refractivity contribution in [2.45, 2.75) is 11.4 Å². The van der Waals surface area contributed by atoms with Crippen LogP contribution in [-0.4, -0.2) is 24.7 Å². The molecule has 7 heteroatoms. The standard InChI is InChI=1S/C17H15FN2O3.C6H6S/c1-20-9-13-6-14(12-4-2-3-11(5-12)8-19)16(7-15(13)18)23-10-17(21)22;7-6-4-2-1-3-5-6/h2-7,20H,9-10H2,1H3,(H,21,22);1-5,7H. The average Bonchev–Trinajstić information content (AvgIpc) is 2.75. The third kappa shape index (κ3) is 6.92. The molecule has 0 aliphatic carbocycles. The number of carboxylic acid groups (broad SMARTS) is 1. The monoisotopic (exact) mass is 424 g/mol. The Morgan fingerprint density at radius 3 is 2.47 bits per heavy atom. The van der Waals surface area contributed by atoms with E-state index >= 15 is 0 Å². The van der Waals surface area contributed by atoms with Crippen LogP contribution in [0.3, 0.4) is 0 Å². The van der Waals surface area contributed by atoms with Gasteiger partial charge in [-0.1, -0.05) is 30.3 Å². The number of benzene rings is 3. The first kappa shape index (κ1) is 22.9. The summed E-state index contributed by atoms with van der Waals surface area (Å²) in [5.41, 5.74) is 2.07. The molecular formula is C23H21FN2O3S. The first-order valence-corrected chi connectivity index (χ1v) is 9.45. The summed E-state index contributed by atoms with van der Waals surface area (Å²) in [6.07, 6.45) is 0. The van der Waals surface area contributed by atoms with Crippen molar-refractivity contribution < 1.29 is 19.0 Å². The Hall–Kier alpha value is -3.34. The highest BCUT2D eigenvalue weighted by atomic mass is 32.1. The van der Waals surface area contributed by atoms with Gasteiger partial charge in [-0.15, -0.1) is 12.6 Å². The summed E-state index contributed by atoms with van der Waals surface area (Å²) in [5, 5.41) is 20.6. The Labute approximate surface area is 180 Å². The highest BCUT2D eigenvalue weighted by Gasteiger charge is 2.14. The number of nitriles is 1. The molecule has 0 atom stereocenters. The Morgan fingerprint density at radius 1 is 1.17 bits per heavy atom. The van der Waals surface area contributed by atoms with Crippen LogP contribution in [0.2, 0.25) is 0 Å². The molecule has 3 aromatic carbocycles. The van der Waals surface area contributed by atoms with Crippen molar-refractivity contribution in [1.82, 2.24) is 5.32 Å². The van der Waals surface area contributed by atoms with Gasteiger partial charge in [-0.3, -0.25) is 0 Å². The van der Waals surface area contributed by atoms with E-state index in [-0.39, 0.29) is 5.75 Å². The molecule has 154 valence electrons. The number of nitrogens with zero attached hydrogens (tertiary/aromatic N) is 1. The van der Waals surface area contributed by atoms with Gasteiger partial charge >= 0.3 is 5.97 Å². The minimum absolute atomic E-state index is 0.125. The van der Waals surface area contributed by atoms with Gasteiger partial charge in [-0.25, -0.2) is 9.18 Å². The zero-order valence-corrected chi connectivity index (χ0v) is 17.2. The Balaban J connectivity index is 0.000000386. The lowest BCUT2D eigenvalue weighted by Gasteiger charge is -2.14. The molecule has 0 aromatic heterocycles. The summed E-state index contributed by atoms with van der Waals surface area (Å²) in [6.45, 7) is -0.258. The van der Waals surface area contributed by atoms with Crippen molar-refractivity contribution in [2.24, 2.45) is 0 Å². The van der Waals surface area contributed by atoms with Crippen molar-refractivity contribution in [1.29, 1.82) is 5.26 Å². The smallest absolute Gasteiger partial charge is 0.341 e. The Kier molecular flexibility index (Phi) is 8.88. The van der Waals surface area contributed by atoms with Crippen LogP contribution < -0.4 is 10.1 Å². The van der Waals surface area contributed by atoms with Crippen LogP contribution in [0.5, 0.6) is 5.75 Å². The Morgan fingerprint density at radius 2 is 1.90 bits per heavy atom. The summed E-state index contributed by atoms with van der Waals surface area (Å²) in [4.78, 5) is 11.7. The van der Waals surface area contributed by atoms with E-state index in [1.165, 1.54) is 6.07 Å². The van der Waals surface area contributed by atoms with Crippen molar-refractivity contribution >= 4 is 18.6 Å². The van der Waals surface area contributed by atoms with E-state index in [4.69, 9.17) is 15.1 Å². The second kappa shape index (κ2) is 11.6. The number of carbonyl (C=O) groups is 1. The number of carboxylic acids is 1. The number of hydrogen-bond acceptors (Lipinski definition) is 5. The fourth-order valence-electron chi connectivity index (χ4n) is 2.59. The molecule has 5 nitrogen and oxygen atoms in total. The number of rotatable bonds is 6. The van der Waals surface area contributed by atoms with Crippen LogP contribution in [0.15, 0.2) is 71.6 Å². The molecule has 0 aliphatic rings. The zero-order chi connectivity index (χ0) is 21.9. The maximum Gasteiger partial charge on any atom is 0.341 e. The molecule has 0 fully saturated rings. The third-order valence-electron chi connectivity index (χ3n) is 3.93. The summed E-state index contributed by atoms with van der Waals surface area (Å²) < 4.78 is 19.3. The van der Waals surface area contributed by atoms with E-state index in [0.717, 1.165) is 4.90 Å². The van der Waals surface area contributed by atoms with Gasteiger partial charge in [-0.2, -0.15) is 5.26 Å². The lowest BCUT2D eigenvalue weighted by molar-refractivity contribution is -0.139. The molecule has 0 saturated carbocycles. The molecular weight excluding hydrogens is 403 g/mol. The fourth-order valence-corrected chi connectivity index (χ4v) is 2.77. The summed E-state index contributed by atoms with van der Waals surface area (Å²) in [5.74, 6) is -1.51. The first-order chi connectivity index (χ1) is 14.4. The maximum absolute atomic E-state index is 14.1. The van der Waals surface area contributed by atoms with Gasteiger partial charge < -0.3 is 15.2 Å². The fraction of sp³-hybridized carbons (Fsp3) is 0.130. The zero-order valence-electron chi connectivity index (χ0n) is 16.3. The predicted octanol–water partition coefficient (Wildman–Crippen LogP) is 4.52. The molecule has 0 spiro atoms. The minimum atomic E-state index is -1.15. The number of aliphatic carboxylic acids is 1. The lowest BCUT2D eigenvalue weighted by Crippen LogP contribution is -2.12. The third-order valence-corrected chi connectivity index (χ3v) is 4.22. The molecule has 0 unspecified atom stereocenters. The van der Waals surface area contributed by atoms with E-state index in [1.54, 1.807) is 37.4 Å². The molecule has 0 radical (unpaired) electrons. The van der Waals surface area contributed by atoms with Crippen LogP contribution in [-0.2, 0) is 11.3 Å². The SMILES string of the molecule is CNCc1cc(-c2cccc(C#N)c2)c(OCC(=O)O)cc1F.Sc1ccccc1. The largest absolute Gasteiger partial charge is 0.481 e. The van der Waals surface area contributed by atoms with Crippen LogP contribution in [0.4, 0.5) is 4.39 Å². The minimum Gasteiger partial charge on any atom is -0.481 e. The van der Waals surface area contributed by atoms with Crippen molar-refractivity contribution in [3.63, 3.8) is 0 Å². The maximum atomic E-state index is 14.1. The number of nitrogens with one attached hydrogen (secondary N) is 1. The van der Waals surface area contributed by atoms with Gasteiger partial charge in [0.1, 0.15) is 11.6 Å². The lowest BCUT2D eigenvalue weighted by atomic mass is 9.99. The molecule has 0 bridgehead atoms. The van der Waals surface area contributed by atoms with Crippen LogP contribution >= 0.6 is 12.6 Å². The highest BCUT2D eigenvalue weighted by molar-refractivity contribution is 7.80. The van der Waals surface area contributed by atoms with Gasteiger partial charge in [0.25, 0.3) is 0 Å². The molecule has 0 aliphatic heterocycles. The summed E-state index contributed by atoms with van der Waals surface area (Å²) >= 11 is 4.08. The topological polar surface area (TPSA) is 82.3 Å². The predicted molar refractivity (Wildman–Crippen MR) is 116 cm³/mol. The van der Waals surface area contributed by atoms with Crippen LogP contribution in [0, 0.1) is 17.1 Å². The summed E-state index contributed by atoms with van der Waals surface area (Å²) in [7, 11) is 1.70. The van der Waals surface area contributed by atoms with Crippen LogP contribution in [0.1, 0.15) is 11.1 Å². The first-order valence-electron chi connectivity index (χ1n) is 9.00. The quantitative estimate of drug-likeness (QED) is 0.507. The van der Waals surface area contributed by atoms with E-state index in [9.17, 15) is 9.18 Å². The van der Waals surface area contributed by atoms with Crippen molar-refractivity contribution in [3.8, 4) is 22.9 Å². The molecule has 0 amide bonds. The summed E-state index contributed by atoms with van der Waals surface area (Å²) in [6, 6.07) is 21.3. The van der Waals surface area contributed by atoms with E-state index in [1.807, 2.05) is 36.4 Å². The van der Waals surface area contributed by atoms with E-state index in [0.29, 0.717) is 28.8 Å². The van der Waals surface area contributed by atoms with Gasteiger partial charge in [0.15, 0.2) is 6.61 Å². The number of thiol groups is 1. The Bertz CT molecular complexity index is 1040. The van der Waals surface area contributed by atoms with Crippen LogP contribution in [0.25, 0.3) is 11.1 Å². The van der Waals surface area contributed by atoms with Gasteiger partial charge in [-0.05, 0) is 42.9 Å². The van der Waals surface area contributed by atoms with Gasteiger partial charge in [0.05, 0.1) is 11.6 Å². The average molecular weight is 424 g/mol. The second-order valence-electron chi connectivity index (χ2n) is 6.18. The molecule has 3 aromatic rings. The molecule has 3 rings (SSSR count). The van der Waals surface area contributed by atoms with E-state index < -0.39 is 18.4 Å². The molecule has 0 heterocycles. The van der Waals surface area contributed by atoms with Crippen molar-refractivity contribution in [2.75, 3.05) is 13.7 Å². The molecule has 2 N–H and O–H groups in total. The molecule has 30 heavy (non-hydrogen) atoms. The van der Waals surface area contributed by atoms with Gasteiger partial charge in [0, 0.05) is 28.6 Å². The molecule has 0 saturated heterocycles. The normalized spacial score (nSPS) is 9.80. The van der Waals surface area contributed by atoms with E-state index in [2.05, 4.69) is 17.9 Å². The van der Waals surface area contributed by atoms with Crippen molar-refractivity contribution in [3.05, 3.63) is 83.7 Å². The number of halogens is 1. The number of ether oxygens (including phenoxy) is 1. The highest BCUT2D eigenvalue weighted by Crippen LogP contribution is 2.33.